The number of nitrogens with zero attached hydrogens (tertiary/aromatic N) is 1. The molecule has 0 saturated carbocycles. The fourth-order valence-corrected chi connectivity index (χ4v) is 2.21. The van der Waals surface area contributed by atoms with E-state index in [2.05, 4.69) is 20.9 Å². The number of ether oxygens (including phenoxy) is 1. The van der Waals surface area contributed by atoms with Crippen molar-refractivity contribution >= 4 is 45.1 Å². The van der Waals surface area contributed by atoms with Gasteiger partial charge in [-0.2, -0.15) is 0 Å². The number of hydrogen-bond donors (Lipinski definition) is 0. The zero-order chi connectivity index (χ0) is 13.8. The smallest absolute Gasteiger partial charge is 0.340 e. The molecule has 0 bridgehead atoms. The highest BCUT2D eigenvalue weighted by Gasteiger charge is 2.13. The average Bonchev–Trinajstić information content (AvgIpc) is 2.39. The zero-order valence-corrected chi connectivity index (χ0v) is 12.7. The molecule has 0 spiro atoms. The van der Waals surface area contributed by atoms with Gasteiger partial charge in [-0.1, -0.05) is 51.3 Å². The molecule has 1 aromatic carbocycles. The van der Waals surface area contributed by atoms with E-state index in [4.69, 9.17) is 27.9 Å². The monoisotopic (exact) mass is 359 g/mol. The lowest BCUT2D eigenvalue weighted by Gasteiger charge is -2.06. The van der Waals surface area contributed by atoms with Crippen molar-refractivity contribution in [3.05, 3.63) is 62.3 Å². The lowest BCUT2D eigenvalue weighted by atomic mass is 10.2. The topological polar surface area (TPSA) is 39.2 Å². The van der Waals surface area contributed by atoms with Gasteiger partial charge in [0.05, 0.1) is 10.6 Å². The van der Waals surface area contributed by atoms with Gasteiger partial charge in [0.25, 0.3) is 0 Å². The first-order chi connectivity index (χ1) is 9.06. The van der Waals surface area contributed by atoms with Crippen LogP contribution in [0, 0.1) is 0 Å². The Morgan fingerprint density at radius 1 is 1.32 bits per heavy atom. The Morgan fingerprint density at radius 2 is 2.11 bits per heavy atom. The molecule has 0 radical (unpaired) electrons. The van der Waals surface area contributed by atoms with Gasteiger partial charge >= 0.3 is 5.97 Å². The van der Waals surface area contributed by atoms with E-state index in [1.165, 1.54) is 12.3 Å². The van der Waals surface area contributed by atoms with Crippen molar-refractivity contribution in [2.75, 3.05) is 0 Å². The SMILES string of the molecule is O=C(OCc1cccc(Br)c1)c1cc(Cl)ncc1Cl. The van der Waals surface area contributed by atoms with E-state index in [0.29, 0.717) is 0 Å². The Bertz CT molecular complexity index is 619. The number of rotatable bonds is 3. The maximum absolute atomic E-state index is 11.9. The maximum atomic E-state index is 11.9. The Kier molecular flexibility index (Phi) is 4.80. The maximum Gasteiger partial charge on any atom is 0.340 e. The molecule has 0 atom stereocenters. The molecule has 0 saturated heterocycles. The van der Waals surface area contributed by atoms with Crippen LogP contribution in [0.25, 0.3) is 0 Å². The second-order valence-electron chi connectivity index (χ2n) is 3.69. The summed E-state index contributed by atoms with van der Waals surface area (Å²) < 4.78 is 6.10. The molecular weight excluding hydrogens is 353 g/mol. The third-order valence-electron chi connectivity index (χ3n) is 2.30. The van der Waals surface area contributed by atoms with Gasteiger partial charge in [0.2, 0.25) is 0 Å². The quantitative estimate of drug-likeness (QED) is 0.597. The lowest BCUT2D eigenvalue weighted by molar-refractivity contribution is 0.0472. The van der Waals surface area contributed by atoms with Crippen LogP contribution < -0.4 is 0 Å². The van der Waals surface area contributed by atoms with E-state index in [0.717, 1.165) is 10.0 Å². The van der Waals surface area contributed by atoms with Crippen LogP contribution in [-0.2, 0) is 11.3 Å². The average molecular weight is 361 g/mol. The summed E-state index contributed by atoms with van der Waals surface area (Å²) >= 11 is 14.9. The Labute approximate surface area is 128 Å². The van der Waals surface area contributed by atoms with Gasteiger partial charge in [-0.3, -0.25) is 0 Å². The molecule has 0 N–H and O–H groups in total. The van der Waals surface area contributed by atoms with Crippen molar-refractivity contribution in [2.24, 2.45) is 0 Å². The van der Waals surface area contributed by atoms with Crippen molar-refractivity contribution < 1.29 is 9.53 Å². The highest BCUT2D eigenvalue weighted by Crippen LogP contribution is 2.20. The molecule has 0 amide bonds. The normalized spacial score (nSPS) is 10.3. The van der Waals surface area contributed by atoms with E-state index >= 15 is 0 Å². The number of pyridine rings is 1. The first-order valence-corrected chi connectivity index (χ1v) is 6.84. The van der Waals surface area contributed by atoms with Crippen LogP contribution in [0.3, 0.4) is 0 Å². The molecule has 0 unspecified atom stereocenters. The number of carbonyl (C=O) groups is 1. The third kappa shape index (κ3) is 3.93. The summed E-state index contributed by atoms with van der Waals surface area (Å²) in [7, 11) is 0. The number of hydrogen-bond acceptors (Lipinski definition) is 3. The van der Waals surface area contributed by atoms with Crippen LogP contribution in [0.2, 0.25) is 10.2 Å². The summed E-state index contributed by atoms with van der Waals surface area (Å²) in [5.74, 6) is -0.533. The van der Waals surface area contributed by atoms with Crippen LogP contribution in [0.1, 0.15) is 15.9 Å². The van der Waals surface area contributed by atoms with Gasteiger partial charge in [0.1, 0.15) is 11.8 Å². The van der Waals surface area contributed by atoms with E-state index in [9.17, 15) is 4.79 Å². The van der Waals surface area contributed by atoms with E-state index in [1.807, 2.05) is 24.3 Å². The fourth-order valence-electron chi connectivity index (χ4n) is 1.42. The minimum atomic E-state index is -0.533. The van der Waals surface area contributed by atoms with Crippen LogP contribution in [0.15, 0.2) is 41.0 Å². The van der Waals surface area contributed by atoms with Crippen molar-refractivity contribution in [3.63, 3.8) is 0 Å². The Hall–Kier alpha value is -1.10. The largest absolute Gasteiger partial charge is 0.457 e. The third-order valence-corrected chi connectivity index (χ3v) is 3.30. The van der Waals surface area contributed by atoms with Crippen LogP contribution in [-0.4, -0.2) is 11.0 Å². The molecule has 1 heterocycles. The molecule has 3 nitrogen and oxygen atoms in total. The van der Waals surface area contributed by atoms with Crippen molar-refractivity contribution in [1.82, 2.24) is 4.98 Å². The number of aromatic nitrogens is 1. The molecule has 2 rings (SSSR count). The summed E-state index contributed by atoms with van der Waals surface area (Å²) in [4.78, 5) is 15.6. The molecular formula is C13H8BrCl2NO2. The van der Waals surface area contributed by atoms with Gasteiger partial charge in [-0.25, -0.2) is 9.78 Å². The van der Waals surface area contributed by atoms with Crippen molar-refractivity contribution in [3.8, 4) is 0 Å². The van der Waals surface area contributed by atoms with Gasteiger partial charge in [-0.05, 0) is 23.8 Å². The highest BCUT2D eigenvalue weighted by atomic mass is 79.9. The first kappa shape index (κ1) is 14.3. The number of esters is 1. The van der Waals surface area contributed by atoms with Gasteiger partial charge in [0.15, 0.2) is 0 Å². The molecule has 0 aliphatic carbocycles. The Balaban J connectivity index is 2.07. The predicted octanol–water partition coefficient (Wildman–Crippen LogP) is 4.51. The molecule has 1 aromatic heterocycles. The van der Waals surface area contributed by atoms with Gasteiger partial charge < -0.3 is 4.74 Å². The van der Waals surface area contributed by atoms with Crippen molar-refractivity contribution in [2.45, 2.75) is 6.61 Å². The molecule has 98 valence electrons. The summed E-state index contributed by atoms with van der Waals surface area (Å²) in [6, 6.07) is 8.87. The first-order valence-electron chi connectivity index (χ1n) is 5.29. The standard InChI is InChI=1S/C13H8BrCl2NO2/c14-9-3-1-2-8(4-9)7-19-13(18)10-5-12(16)17-6-11(10)15/h1-6H,7H2. The zero-order valence-electron chi connectivity index (χ0n) is 9.57. The predicted molar refractivity (Wildman–Crippen MR) is 77.5 cm³/mol. The highest BCUT2D eigenvalue weighted by molar-refractivity contribution is 9.10. The Morgan fingerprint density at radius 3 is 2.84 bits per heavy atom. The molecule has 6 heteroatoms. The summed E-state index contributed by atoms with van der Waals surface area (Å²) in [6.45, 7) is 0.161. The van der Waals surface area contributed by atoms with Crippen molar-refractivity contribution in [1.29, 1.82) is 0 Å². The lowest BCUT2D eigenvalue weighted by Crippen LogP contribution is -2.06. The summed E-state index contributed by atoms with van der Waals surface area (Å²) in [5.41, 5.74) is 1.08. The van der Waals surface area contributed by atoms with Gasteiger partial charge in [0, 0.05) is 10.7 Å². The molecule has 2 aromatic rings. The van der Waals surface area contributed by atoms with E-state index in [-0.39, 0.29) is 22.3 Å². The van der Waals surface area contributed by atoms with Crippen LogP contribution in [0.4, 0.5) is 0 Å². The van der Waals surface area contributed by atoms with E-state index in [1.54, 1.807) is 0 Å². The number of benzene rings is 1. The summed E-state index contributed by atoms with van der Waals surface area (Å²) in [6.07, 6.45) is 1.32. The summed E-state index contributed by atoms with van der Waals surface area (Å²) in [5, 5.41) is 0.405. The number of halogens is 3. The minimum absolute atomic E-state index is 0.161. The number of carbonyl (C=O) groups excluding carboxylic acids is 1. The fraction of sp³-hybridized carbons (Fsp3) is 0.0769. The van der Waals surface area contributed by atoms with Gasteiger partial charge in [-0.15, -0.1) is 0 Å². The molecule has 0 fully saturated rings. The molecule has 19 heavy (non-hydrogen) atoms. The van der Waals surface area contributed by atoms with Crippen LogP contribution >= 0.6 is 39.1 Å². The minimum Gasteiger partial charge on any atom is -0.457 e. The molecule has 0 aliphatic rings. The van der Waals surface area contributed by atoms with E-state index < -0.39 is 5.97 Å². The second-order valence-corrected chi connectivity index (χ2v) is 5.40. The second kappa shape index (κ2) is 6.37. The molecule has 0 aliphatic heterocycles. The van der Waals surface area contributed by atoms with Crippen LogP contribution in [0.5, 0.6) is 0 Å².